The number of halogens is 5. The number of amides is 2. The SMILES string of the molecule is O=C(Nc1ccc(N2CCCN(C(=O)c3ccc(Cl)cc3Cl)CC2)nc1)c1ccccc1C(F)(F)F. The lowest BCUT2D eigenvalue weighted by atomic mass is 10.1. The number of hydrogen-bond acceptors (Lipinski definition) is 4. The van der Waals surface area contributed by atoms with E-state index in [0.29, 0.717) is 54.0 Å². The number of nitrogens with zero attached hydrogens (tertiary/aromatic N) is 3. The maximum absolute atomic E-state index is 13.2. The molecule has 0 radical (unpaired) electrons. The average Bonchev–Trinajstić information content (AvgIpc) is 3.10. The van der Waals surface area contributed by atoms with Crippen molar-refractivity contribution < 1.29 is 22.8 Å². The fraction of sp³-hybridized carbons (Fsp3) is 0.240. The molecule has 2 heterocycles. The number of rotatable bonds is 4. The molecule has 0 aliphatic carbocycles. The molecule has 1 saturated heterocycles. The fourth-order valence-corrected chi connectivity index (χ4v) is 4.45. The predicted molar refractivity (Wildman–Crippen MR) is 133 cm³/mol. The molecule has 188 valence electrons. The highest BCUT2D eigenvalue weighted by Gasteiger charge is 2.34. The zero-order valence-electron chi connectivity index (χ0n) is 18.9. The number of nitrogens with one attached hydrogen (secondary N) is 1. The van der Waals surface area contributed by atoms with Gasteiger partial charge in [0.1, 0.15) is 5.82 Å². The summed E-state index contributed by atoms with van der Waals surface area (Å²) in [5.74, 6) is -0.423. The molecule has 3 aromatic rings. The van der Waals surface area contributed by atoms with E-state index in [0.717, 1.165) is 12.1 Å². The Kier molecular flexibility index (Phi) is 7.70. The summed E-state index contributed by atoms with van der Waals surface area (Å²) in [6, 6.07) is 12.6. The number of pyridine rings is 1. The van der Waals surface area contributed by atoms with Gasteiger partial charge < -0.3 is 15.1 Å². The summed E-state index contributed by atoms with van der Waals surface area (Å²) < 4.78 is 39.6. The van der Waals surface area contributed by atoms with Crippen molar-refractivity contribution in [3.05, 3.63) is 87.5 Å². The molecule has 1 aliphatic rings. The van der Waals surface area contributed by atoms with E-state index in [-0.39, 0.29) is 11.6 Å². The van der Waals surface area contributed by atoms with Crippen LogP contribution in [0.15, 0.2) is 60.8 Å². The zero-order chi connectivity index (χ0) is 25.9. The topological polar surface area (TPSA) is 65.5 Å². The van der Waals surface area contributed by atoms with Crippen molar-refractivity contribution in [2.24, 2.45) is 0 Å². The first-order valence-electron chi connectivity index (χ1n) is 11.1. The monoisotopic (exact) mass is 536 g/mol. The highest BCUT2D eigenvalue weighted by atomic mass is 35.5. The van der Waals surface area contributed by atoms with Crippen LogP contribution in [-0.2, 0) is 6.18 Å². The van der Waals surface area contributed by atoms with E-state index in [2.05, 4.69) is 10.3 Å². The molecule has 1 aromatic heterocycles. The van der Waals surface area contributed by atoms with Crippen LogP contribution in [0.3, 0.4) is 0 Å². The minimum Gasteiger partial charge on any atom is -0.355 e. The van der Waals surface area contributed by atoms with E-state index in [9.17, 15) is 22.8 Å². The van der Waals surface area contributed by atoms with Gasteiger partial charge in [-0.05, 0) is 48.9 Å². The van der Waals surface area contributed by atoms with Crippen LogP contribution in [0.5, 0.6) is 0 Å². The minimum absolute atomic E-state index is 0.177. The van der Waals surface area contributed by atoms with E-state index < -0.39 is 23.2 Å². The smallest absolute Gasteiger partial charge is 0.355 e. The minimum atomic E-state index is -4.64. The van der Waals surface area contributed by atoms with Crippen molar-refractivity contribution in [1.82, 2.24) is 9.88 Å². The molecule has 1 N–H and O–H groups in total. The standard InChI is InChI=1S/C25H21Cl2F3N4O2/c26-16-6-8-19(21(27)14-16)24(36)34-11-3-10-33(12-13-34)22-9-7-17(15-31-22)32-23(35)18-4-1-2-5-20(18)25(28,29)30/h1-2,4-9,14-15H,3,10-13H2,(H,32,35). The molecule has 2 aromatic carbocycles. The van der Waals surface area contributed by atoms with E-state index in [1.165, 1.54) is 24.4 Å². The van der Waals surface area contributed by atoms with Gasteiger partial charge in [-0.15, -0.1) is 0 Å². The van der Waals surface area contributed by atoms with Crippen LogP contribution < -0.4 is 10.2 Å². The van der Waals surface area contributed by atoms with Gasteiger partial charge >= 0.3 is 6.18 Å². The van der Waals surface area contributed by atoms with Crippen LogP contribution in [0, 0.1) is 0 Å². The van der Waals surface area contributed by atoms with Crippen molar-refractivity contribution in [3.63, 3.8) is 0 Å². The molecule has 0 unspecified atom stereocenters. The van der Waals surface area contributed by atoms with Crippen molar-refractivity contribution in [1.29, 1.82) is 0 Å². The highest BCUT2D eigenvalue weighted by Crippen LogP contribution is 2.32. The molecular weight excluding hydrogens is 516 g/mol. The Hall–Kier alpha value is -3.30. The molecule has 11 heteroatoms. The third-order valence-electron chi connectivity index (χ3n) is 5.75. The Bertz CT molecular complexity index is 1270. The quantitative estimate of drug-likeness (QED) is 0.443. The third-order valence-corrected chi connectivity index (χ3v) is 6.30. The summed E-state index contributed by atoms with van der Waals surface area (Å²) in [6.45, 7) is 2.16. The summed E-state index contributed by atoms with van der Waals surface area (Å²) in [7, 11) is 0. The van der Waals surface area contributed by atoms with Gasteiger partial charge in [0.25, 0.3) is 11.8 Å². The maximum Gasteiger partial charge on any atom is 0.417 e. The number of hydrogen-bond donors (Lipinski definition) is 1. The maximum atomic E-state index is 13.2. The highest BCUT2D eigenvalue weighted by molar-refractivity contribution is 6.36. The van der Waals surface area contributed by atoms with Crippen molar-refractivity contribution in [3.8, 4) is 0 Å². The Morgan fingerprint density at radius 2 is 1.69 bits per heavy atom. The molecule has 0 spiro atoms. The second-order valence-electron chi connectivity index (χ2n) is 8.16. The van der Waals surface area contributed by atoms with Crippen LogP contribution in [0.1, 0.15) is 32.7 Å². The lowest BCUT2D eigenvalue weighted by molar-refractivity contribution is -0.137. The van der Waals surface area contributed by atoms with Gasteiger partial charge in [-0.2, -0.15) is 13.2 Å². The molecule has 4 rings (SSSR count). The van der Waals surface area contributed by atoms with Crippen LogP contribution in [0.4, 0.5) is 24.7 Å². The second-order valence-corrected chi connectivity index (χ2v) is 9.00. The van der Waals surface area contributed by atoms with E-state index in [1.807, 2.05) is 4.90 Å². The average molecular weight is 537 g/mol. The molecule has 36 heavy (non-hydrogen) atoms. The van der Waals surface area contributed by atoms with Gasteiger partial charge in [0, 0.05) is 31.2 Å². The van der Waals surface area contributed by atoms with Crippen molar-refractivity contribution >= 4 is 46.5 Å². The summed E-state index contributed by atoms with van der Waals surface area (Å²) >= 11 is 12.1. The van der Waals surface area contributed by atoms with Gasteiger partial charge in [-0.1, -0.05) is 35.3 Å². The molecule has 6 nitrogen and oxygen atoms in total. The van der Waals surface area contributed by atoms with Crippen LogP contribution in [0.25, 0.3) is 0 Å². The molecule has 2 amide bonds. The first-order chi connectivity index (χ1) is 17.1. The van der Waals surface area contributed by atoms with Gasteiger partial charge in [0.2, 0.25) is 0 Å². The van der Waals surface area contributed by atoms with Crippen molar-refractivity contribution in [2.75, 3.05) is 36.4 Å². The van der Waals surface area contributed by atoms with Gasteiger partial charge in [-0.25, -0.2) is 4.98 Å². The summed E-state index contributed by atoms with van der Waals surface area (Å²) in [5.41, 5.74) is -0.813. The molecule has 1 aliphatic heterocycles. The third kappa shape index (κ3) is 5.91. The van der Waals surface area contributed by atoms with Crippen LogP contribution in [0.2, 0.25) is 10.0 Å². The Labute approximate surface area is 215 Å². The molecule has 0 atom stereocenters. The summed E-state index contributed by atoms with van der Waals surface area (Å²) in [4.78, 5) is 33.5. The molecule has 0 saturated carbocycles. The zero-order valence-corrected chi connectivity index (χ0v) is 20.4. The normalized spacial score (nSPS) is 14.4. The van der Waals surface area contributed by atoms with E-state index in [1.54, 1.807) is 29.2 Å². The predicted octanol–water partition coefficient (Wildman–Crippen LogP) is 6.01. The number of benzene rings is 2. The molecule has 1 fully saturated rings. The van der Waals surface area contributed by atoms with Gasteiger partial charge in [-0.3, -0.25) is 9.59 Å². The first kappa shape index (κ1) is 25.8. The summed E-state index contributed by atoms with van der Waals surface area (Å²) in [5, 5.41) is 3.22. The lowest BCUT2D eigenvalue weighted by Gasteiger charge is -2.23. The largest absolute Gasteiger partial charge is 0.417 e. The number of carbonyl (C=O) groups excluding carboxylic acids is 2. The first-order valence-corrected chi connectivity index (χ1v) is 11.8. The van der Waals surface area contributed by atoms with Gasteiger partial charge in [0.05, 0.1) is 33.6 Å². The molecular formula is C25H21Cl2F3N4O2. The van der Waals surface area contributed by atoms with Crippen LogP contribution >= 0.6 is 23.2 Å². The Balaban J connectivity index is 1.40. The Morgan fingerprint density at radius 3 is 2.39 bits per heavy atom. The van der Waals surface area contributed by atoms with E-state index >= 15 is 0 Å². The second kappa shape index (κ2) is 10.8. The lowest BCUT2D eigenvalue weighted by Crippen LogP contribution is -2.35. The van der Waals surface area contributed by atoms with Gasteiger partial charge in [0.15, 0.2) is 0 Å². The number of aromatic nitrogens is 1. The van der Waals surface area contributed by atoms with E-state index in [4.69, 9.17) is 23.2 Å². The van der Waals surface area contributed by atoms with Crippen LogP contribution in [-0.4, -0.2) is 47.9 Å². The summed E-state index contributed by atoms with van der Waals surface area (Å²) in [6.07, 6.45) is -2.55. The number of carbonyl (C=O) groups is 2. The number of anilines is 2. The molecule has 0 bridgehead atoms. The number of alkyl halides is 3. The Morgan fingerprint density at radius 1 is 0.917 bits per heavy atom. The fourth-order valence-electron chi connectivity index (χ4n) is 3.96. The van der Waals surface area contributed by atoms with Crippen molar-refractivity contribution in [2.45, 2.75) is 12.6 Å².